The summed E-state index contributed by atoms with van der Waals surface area (Å²) in [6, 6.07) is -0.253. The molecule has 19 heavy (non-hydrogen) atoms. The van der Waals surface area contributed by atoms with Crippen molar-refractivity contribution in [3.63, 3.8) is 0 Å². The predicted octanol–water partition coefficient (Wildman–Crippen LogP) is 1.01. The van der Waals surface area contributed by atoms with Gasteiger partial charge in [0.2, 0.25) is 0 Å². The summed E-state index contributed by atoms with van der Waals surface area (Å²) >= 11 is 1.67. The average molecular weight is 290 g/mol. The molecule has 110 valence electrons. The molecular weight excluding hydrogens is 268 g/mol. The van der Waals surface area contributed by atoms with Gasteiger partial charge in [-0.3, -0.25) is 0 Å². The molecule has 2 N–H and O–H groups in total. The Hall–Kier alpha value is -0.950. The van der Waals surface area contributed by atoms with Crippen LogP contribution in [0.4, 0.5) is 4.79 Å². The highest BCUT2D eigenvalue weighted by Gasteiger charge is 2.44. The average Bonchev–Trinajstić information content (AvgIpc) is 2.85. The van der Waals surface area contributed by atoms with Crippen LogP contribution in [0.2, 0.25) is 0 Å². The van der Waals surface area contributed by atoms with E-state index in [4.69, 9.17) is 4.74 Å². The SMILES string of the molecule is CCC(CSC)N(C)C(=O)NC1(C(=O)O)CCOC1. The van der Waals surface area contributed by atoms with E-state index in [-0.39, 0.29) is 18.7 Å². The number of ether oxygens (including phenoxy) is 1. The van der Waals surface area contributed by atoms with Crippen LogP contribution < -0.4 is 5.32 Å². The Kier molecular flexibility index (Phi) is 5.93. The van der Waals surface area contributed by atoms with Gasteiger partial charge in [-0.15, -0.1) is 0 Å². The van der Waals surface area contributed by atoms with E-state index in [1.165, 1.54) is 0 Å². The van der Waals surface area contributed by atoms with E-state index >= 15 is 0 Å². The van der Waals surface area contributed by atoms with Crippen LogP contribution in [0.25, 0.3) is 0 Å². The number of nitrogens with one attached hydrogen (secondary N) is 1. The van der Waals surface area contributed by atoms with Gasteiger partial charge in [-0.1, -0.05) is 6.92 Å². The van der Waals surface area contributed by atoms with E-state index in [0.29, 0.717) is 13.0 Å². The van der Waals surface area contributed by atoms with Crippen molar-refractivity contribution in [1.82, 2.24) is 10.2 Å². The zero-order valence-electron chi connectivity index (χ0n) is 11.6. The van der Waals surface area contributed by atoms with Gasteiger partial charge in [-0.05, 0) is 12.7 Å². The fourth-order valence-electron chi connectivity index (χ4n) is 2.04. The van der Waals surface area contributed by atoms with Gasteiger partial charge in [0.1, 0.15) is 0 Å². The molecule has 2 amide bonds. The molecule has 1 aliphatic heterocycles. The molecule has 1 rings (SSSR count). The molecule has 0 aromatic carbocycles. The number of hydrogen-bond donors (Lipinski definition) is 2. The number of aliphatic carboxylic acids is 1. The second kappa shape index (κ2) is 7.00. The highest BCUT2D eigenvalue weighted by Crippen LogP contribution is 2.20. The van der Waals surface area contributed by atoms with Crippen LogP contribution in [0.15, 0.2) is 0 Å². The van der Waals surface area contributed by atoms with Crippen LogP contribution in [-0.4, -0.2) is 65.9 Å². The first kappa shape index (κ1) is 16.1. The Morgan fingerprint density at radius 3 is 2.68 bits per heavy atom. The van der Waals surface area contributed by atoms with Crippen molar-refractivity contribution in [2.24, 2.45) is 0 Å². The van der Waals surface area contributed by atoms with Crippen LogP contribution in [-0.2, 0) is 9.53 Å². The molecule has 0 aromatic heterocycles. The van der Waals surface area contributed by atoms with Crippen LogP contribution >= 0.6 is 11.8 Å². The number of carbonyl (C=O) groups excluding carboxylic acids is 1. The largest absolute Gasteiger partial charge is 0.479 e. The van der Waals surface area contributed by atoms with E-state index in [2.05, 4.69) is 5.32 Å². The van der Waals surface area contributed by atoms with Crippen molar-refractivity contribution >= 4 is 23.8 Å². The summed E-state index contributed by atoms with van der Waals surface area (Å²) in [7, 11) is 1.70. The number of carbonyl (C=O) groups is 2. The first-order valence-electron chi connectivity index (χ1n) is 6.32. The topological polar surface area (TPSA) is 78.9 Å². The molecule has 2 unspecified atom stereocenters. The molecule has 0 spiro atoms. The number of hydrogen-bond acceptors (Lipinski definition) is 4. The lowest BCUT2D eigenvalue weighted by atomic mass is 9.99. The molecule has 0 bridgehead atoms. The number of carboxylic acid groups (broad SMARTS) is 1. The molecule has 7 heteroatoms. The maximum Gasteiger partial charge on any atom is 0.332 e. The van der Waals surface area contributed by atoms with Crippen LogP contribution in [0.1, 0.15) is 19.8 Å². The smallest absolute Gasteiger partial charge is 0.332 e. The molecule has 2 atom stereocenters. The Balaban J connectivity index is 2.69. The van der Waals surface area contributed by atoms with Crippen molar-refractivity contribution in [3.05, 3.63) is 0 Å². The summed E-state index contributed by atoms with van der Waals surface area (Å²) in [5, 5.41) is 11.9. The molecule has 0 aromatic rings. The van der Waals surface area contributed by atoms with Gasteiger partial charge in [0.15, 0.2) is 5.54 Å². The van der Waals surface area contributed by atoms with Crippen molar-refractivity contribution in [1.29, 1.82) is 0 Å². The van der Waals surface area contributed by atoms with Crippen LogP contribution in [0.3, 0.4) is 0 Å². The number of rotatable bonds is 6. The minimum atomic E-state index is -1.27. The second-order valence-corrected chi connectivity index (χ2v) is 5.66. The molecule has 1 fully saturated rings. The van der Waals surface area contributed by atoms with Crippen molar-refractivity contribution in [2.45, 2.75) is 31.3 Å². The lowest BCUT2D eigenvalue weighted by Gasteiger charge is -2.31. The van der Waals surface area contributed by atoms with Crippen molar-refractivity contribution in [2.75, 3.05) is 32.3 Å². The van der Waals surface area contributed by atoms with E-state index in [1.54, 1.807) is 23.7 Å². The highest BCUT2D eigenvalue weighted by atomic mass is 32.2. The van der Waals surface area contributed by atoms with Gasteiger partial charge >= 0.3 is 12.0 Å². The summed E-state index contributed by atoms with van der Waals surface area (Å²) in [5.74, 6) is -0.207. The van der Waals surface area contributed by atoms with E-state index in [0.717, 1.165) is 12.2 Å². The molecular formula is C12H22N2O4S. The summed E-state index contributed by atoms with van der Waals surface area (Å²) in [6.07, 6.45) is 3.13. The molecule has 0 radical (unpaired) electrons. The second-order valence-electron chi connectivity index (χ2n) is 4.75. The number of urea groups is 1. The minimum absolute atomic E-state index is 0.0290. The van der Waals surface area contributed by atoms with Crippen LogP contribution in [0, 0.1) is 0 Å². The third kappa shape index (κ3) is 3.76. The van der Waals surface area contributed by atoms with Gasteiger partial charge in [0, 0.05) is 31.9 Å². The van der Waals surface area contributed by atoms with E-state index < -0.39 is 11.5 Å². The summed E-state index contributed by atoms with van der Waals surface area (Å²) in [5.41, 5.74) is -1.27. The maximum atomic E-state index is 12.2. The van der Waals surface area contributed by atoms with E-state index in [9.17, 15) is 14.7 Å². The number of carboxylic acids is 1. The predicted molar refractivity (Wildman–Crippen MR) is 74.6 cm³/mol. The lowest BCUT2D eigenvalue weighted by Crippen LogP contribution is -2.59. The molecule has 0 saturated carbocycles. The standard InChI is InChI=1S/C12H22N2O4S/c1-4-9(7-19-3)14(2)11(17)13-12(10(15)16)5-6-18-8-12/h9H,4-8H2,1-3H3,(H,13,17)(H,15,16). The Labute approximate surface area is 117 Å². The van der Waals surface area contributed by atoms with Gasteiger partial charge in [-0.25, -0.2) is 9.59 Å². The highest BCUT2D eigenvalue weighted by molar-refractivity contribution is 7.98. The maximum absolute atomic E-state index is 12.2. The number of thioether (sulfide) groups is 1. The normalized spacial score (nSPS) is 23.9. The van der Waals surface area contributed by atoms with Crippen molar-refractivity contribution in [3.8, 4) is 0 Å². The first-order chi connectivity index (χ1) is 8.96. The van der Waals surface area contributed by atoms with Gasteiger partial charge < -0.3 is 20.1 Å². The Morgan fingerprint density at radius 2 is 2.26 bits per heavy atom. The number of nitrogens with zero attached hydrogens (tertiary/aromatic N) is 1. The first-order valence-corrected chi connectivity index (χ1v) is 7.71. The molecule has 0 aliphatic carbocycles. The summed E-state index contributed by atoms with van der Waals surface area (Å²) < 4.78 is 5.12. The van der Waals surface area contributed by atoms with Gasteiger partial charge in [0.05, 0.1) is 6.61 Å². The Bertz CT molecular complexity index is 332. The van der Waals surface area contributed by atoms with Crippen LogP contribution in [0.5, 0.6) is 0 Å². The molecule has 6 nitrogen and oxygen atoms in total. The third-order valence-corrected chi connectivity index (χ3v) is 4.19. The fraction of sp³-hybridized carbons (Fsp3) is 0.833. The molecule has 1 aliphatic rings. The van der Waals surface area contributed by atoms with Gasteiger partial charge in [-0.2, -0.15) is 11.8 Å². The Morgan fingerprint density at radius 1 is 1.58 bits per heavy atom. The monoisotopic (exact) mass is 290 g/mol. The zero-order chi connectivity index (χ0) is 14.5. The molecule has 1 saturated heterocycles. The summed E-state index contributed by atoms with van der Waals surface area (Å²) in [4.78, 5) is 25.1. The zero-order valence-corrected chi connectivity index (χ0v) is 12.5. The molecule has 1 heterocycles. The quantitative estimate of drug-likeness (QED) is 0.763. The third-order valence-electron chi connectivity index (χ3n) is 3.48. The lowest BCUT2D eigenvalue weighted by molar-refractivity contribution is -0.144. The minimum Gasteiger partial charge on any atom is -0.479 e. The summed E-state index contributed by atoms with van der Waals surface area (Å²) in [6.45, 7) is 2.40. The van der Waals surface area contributed by atoms with Gasteiger partial charge in [0.25, 0.3) is 0 Å². The van der Waals surface area contributed by atoms with E-state index in [1.807, 2.05) is 13.2 Å². The fourth-order valence-corrected chi connectivity index (χ4v) is 2.88. The van der Waals surface area contributed by atoms with Crippen molar-refractivity contribution < 1.29 is 19.4 Å². The number of amides is 2.